The van der Waals surface area contributed by atoms with Gasteiger partial charge in [-0.05, 0) is 46.0 Å². The first-order valence-electron chi connectivity index (χ1n) is 15.8. The van der Waals surface area contributed by atoms with Crippen molar-refractivity contribution in [1.29, 1.82) is 0 Å². The maximum absolute atomic E-state index is 13.9. The Morgan fingerprint density at radius 1 is 1.07 bits per heavy atom. The van der Waals surface area contributed by atoms with E-state index in [-0.39, 0.29) is 30.8 Å². The average Bonchev–Trinajstić information content (AvgIpc) is 3.63. The molecular formula is C33H46N4O7S. The molecule has 3 amide bonds. The van der Waals surface area contributed by atoms with E-state index >= 15 is 0 Å². The minimum Gasteiger partial charge on any atom is -0.460 e. The van der Waals surface area contributed by atoms with E-state index in [9.17, 15) is 19.2 Å². The fraction of sp³-hybridized carbons (Fsp3) is 0.606. The number of esters is 1. The number of methoxy groups -OCH3 is 1. The van der Waals surface area contributed by atoms with Crippen molar-refractivity contribution in [3.05, 3.63) is 40.9 Å². The lowest BCUT2D eigenvalue weighted by atomic mass is 10.1. The summed E-state index contributed by atoms with van der Waals surface area (Å²) < 4.78 is 16.2. The van der Waals surface area contributed by atoms with Crippen LogP contribution >= 0.6 is 11.3 Å². The predicted molar refractivity (Wildman–Crippen MR) is 171 cm³/mol. The van der Waals surface area contributed by atoms with Crippen LogP contribution in [0.5, 0.6) is 0 Å². The van der Waals surface area contributed by atoms with Gasteiger partial charge in [0, 0.05) is 62.7 Å². The monoisotopic (exact) mass is 642 g/mol. The lowest BCUT2D eigenvalue weighted by Crippen LogP contribution is -2.56. The number of amides is 3. The summed E-state index contributed by atoms with van der Waals surface area (Å²) in [6, 6.07) is 8.72. The van der Waals surface area contributed by atoms with Gasteiger partial charge in [-0.25, -0.2) is 9.78 Å². The third-order valence-electron chi connectivity index (χ3n) is 7.76. The second-order valence-corrected chi connectivity index (χ2v) is 13.6. The topological polar surface area (TPSA) is 127 Å². The minimum atomic E-state index is -0.975. The number of unbranched alkanes of at least 4 members (excludes halogenated alkanes) is 1. The lowest BCUT2D eigenvalue weighted by molar-refractivity contribution is -0.155. The number of rotatable bonds is 13. The lowest BCUT2D eigenvalue weighted by Gasteiger charge is -2.36. The van der Waals surface area contributed by atoms with Gasteiger partial charge < -0.3 is 29.3 Å². The fourth-order valence-electron chi connectivity index (χ4n) is 5.28. The molecule has 2 aliphatic rings. The standard InChI is InChI=1S/C33H46N4O7S/c1-6-7-19-43-32(41)37-17-15-36(16-18-37)31(40)25(13-14-26(38)44-33(2,3)4)34-29(39)27-28(24-20-23(24)21-42-5)45-30(35-27)22-11-9-8-10-12-22/h8-12,23-25H,6-7,13-21H2,1-5H3,(H,34,39)/t23-,24+,25+/m1/s1. The highest BCUT2D eigenvalue weighted by Crippen LogP contribution is 2.51. The quantitative estimate of drug-likeness (QED) is 0.243. The number of piperazine rings is 1. The SMILES string of the molecule is CCCCOC(=O)N1CCN(C(=O)[C@H](CCC(=O)OC(C)(C)C)NC(=O)c2nc(-c3ccccc3)sc2[C@H]2C[C@@H]2COC)CC1. The number of aromatic nitrogens is 1. The summed E-state index contributed by atoms with van der Waals surface area (Å²) in [6.07, 6.45) is 2.26. The first kappa shape index (κ1) is 34.4. The molecule has 4 rings (SSSR count). The van der Waals surface area contributed by atoms with Gasteiger partial charge >= 0.3 is 12.1 Å². The molecule has 11 nitrogen and oxygen atoms in total. The molecule has 1 saturated carbocycles. The van der Waals surface area contributed by atoms with Crippen LogP contribution in [-0.2, 0) is 23.8 Å². The Bertz CT molecular complexity index is 1320. The van der Waals surface area contributed by atoms with Crippen molar-refractivity contribution in [1.82, 2.24) is 20.1 Å². The number of nitrogens with one attached hydrogen (secondary N) is 1. The zero-order valence-corrected chi connectivity index (χ0v) is 27.8. The van der Waals surface area contributed by atoms with Crippen molar-refractivity contribution < 1.29 is 33.4 Å². The average molecular weight is 643 g/mol. The molecule has 3 atom stereocenters. The first-order chi connectivity index (χ1) is 21.5. The zero-order chi connectivity index (χ0) is 32.6. The molecule has 246 valence electrons. The Hall–Kier alpha value is -3.51. The zero-order valence-electron chi connectivity index (χ0n) is 27.0. The third kappa shape index (κ3) is 9.74. The summed E-state index contributed by atoms with van der Waals surface area (Å²) in [5.41, 5.74) is 0.543. The number of carbonyl (C=O) groups is 4. The predicted octanol–water partition coefficient (Wildman–Crippen LogP) is 4.86. The molecule has 0 radical (unpaired) electrons. The molecule has 0 spiro atoms. The van der Waals surface area contributed by atoms with Crippen LogP contribution in [0.25, 0.3) is 10.6 Å². The summed E-state index contributed by atoms with van der Waals surface area (Å²) in [5.74, 6) is -0.751. The van der Waals surface area contributed by atoms with E-state index in [1.807, 2.05) is 37.3 Å². The molecule has 2 aromatic rings. The summed E-state index contributed by atoms with van der Waals surface area (Å²) >= 11 is 1.49. The van der Waals surface area contributed by atoms with E-state index in [0.29, 0.717) is 51.0 Å². The molecule has 1 aromatic heterocycles. The second kappa shape index (κ2) is 15.7. The maximum Gasteiger partial charge on any atom is 0.409 e. The van der Waals surface area contributed by atoms with Gasteiger partial charge in [0.25, 0.3) is 5.91 Å². The molecule has 1 aromatic carbocycles. The van der Waals surface area contributed by atoms with Gasteiger partial charge in [0.2, 0.25) is 5.91 Å². The normalized spacial score (nSPS) is 18.7. The molecule has 1 saturated heterocycles. The van der Waals surface area contributed by atoms with Gasteiger partial charge in [-0.2, -0.15) is 0 Å². The Morgan fingerprint density at radius 2 is 1.76 bits per heavy atom. The van der Waals surface area contributed by atoms with Crippen LogP contribution < -0.4 is 5.32 Å². The van der Waals surface area contributed by atoms with Crippen molar-refractivity contribution in [2.45, 2.75) is 77.4 Å². The highest BCUT2D eigenvalue weighted by molar-refractivity contribution is 7.15. The van der Waals surface area contributed by atoms with E-state index < -0.39 is 23.5 Å². The van der Waals surface area contributed by atoms with Gasteiger partial charge in [0.05, 0.1) is 6.61 Å². The number of benzene rings is 1. The van der Waals surface area contributed by atoms with Crippen molar-refractivity contribution in [3.63, 3.8) is 0 Å². The molecule has 2 fully saturated rings. The Labute approximate surface area is 269 Å². The number of nitrogens with zero attached hydrogens (tertiary/aromatic N) is 3. The van der Waals surface area contributed by atoms with Crippen molar-refractivity contribution in [3.8, 4) is 10.6 Å². The van der Waals surface area contributed by atoms with Gasteiger partial charge in [0.15, 0.2) is 0 Å². The molecule has 0 unspecified atom stereocenters. The number of thiazole rings is 1. The van der Waals surface area contributed by atoms with Gasteiger partial charge in [-0.15, -0.1) is 11.3 Å². The molecule has 45 heavy (non-hydrogen) atoms. The van der Waals surface area contributed by atoms with Crippen LogP contribution in [0, 0.1) is 5.92 Å². The molecule has 2 heterocycles. The highest BCUT2D eigenvalue weighted by atomic mass is 32.1. The van der Waals surface area contributed by atoms with E-state index in [1.165, 1.54) is 11.3 Å². The molecule has 0 bridgehead atoms. The van der Waals surface area contributed by atoms with Crippen LogP contribution in [0.1, 0.15) is 81.1 Å². The van der Waals surface area contributed by atoms with Crippen LogP contribution in [0.2, 0.25) is 0 Å². The van der Waals surface area contributed by atoms with Gasteiger partial charge in [-0.1, -0.05) is 43.7 Å². The van der Waals surface area contributed by atoms with E-state index in [2.05, 4.69) is 5.32 Å². The Morgan fingerprint density at radius 3 is 2.40 bits per heavy atom. The molecule has 1 aliphatic carbocycles. The summed E-state index contributed by atoms with van der Waals surface area (Å²) in [6.45, 7) is 9.57. The molecule has 1 aliphatic heterocycles. The van der Waals surface area contributed by atoms with Crippen molar-refractivity contribution in [2.75, 3.05) is 46.5 Å². The summed E-state index contributed by atoms with van der Waals surface area (Å²) in [4.78, 5) is 61.6. The van der Waals surface area contributed by atoms with Gasteiger partial charge in [-0.3, -0.25) is 14.4 Å². The van der Waals surface area contributed by atoms with Crippen LogP contribution in [-0.4, -0.2) is 96.8 Å². The third-order valence-corrected chi connectivity index (χ3v) is 9.00. The van der Waals surface area contributed by atoms with E-state index in [4.69, 9.17) is 19.2 Å². The van der Waals surface area contributed by atoms with Gasteiger partial charge in [0.1, 0.15) is 22.3 Å². The van der Waals surface area contributed by atoms with E-state index in [1.54, 1.807) is 37.7 Å². The largest absolute Gasteiger partial charge is 0.460 e. The Kier molecular flexibility index (Phi) is 12.0. The number of hydrogen-bond donors (Lipinski definition) is 1. The summed E-state index contributed by atoms with van der Waals surface area (Å²) in [5, 5.41) is 3.66. The maximum atomic E-state index is 13.9. The summed E-state index contributed by atoms with van der Waals surface area (Å²) in [7, 11) is 1.67. The van der Waals surface area contributed by atoms with Crippen molar-refractivity contribution in [2.24, 2.45) is 5.92 Å². The smallest absolute Gasteiger partial charge is 0.409 e. The molecule has 12 heteroatoms. The second-order valence-electron chi connectivity index (χ2n) is 12.6. The molecular weight excluding hydrogens is 596 g/mol. The minimum absolute atomic E-state index is 0.0462. The highest BCUT2D eigenvalue weighted by Gasteiger charge is 2.43. The fourth-order valence-corrected chi connectivity index (χ4v) is 6.55. The Balaban J connectivity index is 1.50. The van der Waals surface area contributed by atoms with Crippen LogP contribution in [0.15, 0.2) is 30.3 Å². The number of hydrogen-bond acceptors (Lipinski definition) is 9. The van der Waals surface area contributed by atoms with Crippen LogP contribution in [0.4, 0.5) is 4.79 Å². The first-order valence-corrected chi connectivity index (χ1v) is 16.6. The molecule has 1 N–H and O–H groups in total. The van der Waals surface area contributed by atoms with Crippen molar-refractivity contribution >= 4 is 35.2 Å². The number of ether oxygens (including phenoxy) is 3. The van der Waals surface area contributed by atoms with E-state index in [0.717, 1.165) is 34.7 Å². The number of carbonyl (C=O) groups excluding carboxylic acids is 4. The van der Waals surface area contributed by atoms with Crippen LogP contribution in [0.3, 0.4) is 0 Å².